The van der Waals surface area contributed by atoms with Gasteiger partial charge in [0.05, 0.1) is 17.8 Å². The van der Waals surface area contributed by atoms with Gasteiger partial charge in [-0.1, -0.05) is 0 Å². The highest BCUT2D eigenvalue weighted by molar-refractivity contribution is 5.68. The van der Waals surface area contributed by atoms with E-state index in [0.29, 0.717) is 18.7 Å². The minimum atomic E-state index is -1.09. The van der Waals surface area contributed by atoms with Crippen molar-refractivity contribution in [1.82, 2.24) is 10.2 Å². The Morgan fingerprint density at radius 3 is 2.63 bits per heavy atom. The molecule has 0 spiro atoms. The summed E-state index contributed by atoms with van der Waals surface area (Å²) in [5.74, 6) is 1.75. The van der Waals surface area contributed by atoms with Crippen LogP contribution in [0.1, 0.15) is 33.6 Å². The van der Waals surface area contributed by atoms with E-state index in [2.05, 4.69) is 5.32 Å². The van der Waals surface area contributed by atoms with Crippen LogP contribution in [0.15, 0.2) is 5.70 Å². The summed E-state index contributed by atoms with van der Waals surface area (Å²) in [6.07, 6.45) is 0.135. The van der Waals surface area contributed by atoms with Gasteiger partial charge in [-0.05, 0) is 27.2 Å². The summed E-state index contributed by atoms with van der Waals surface area (Å²) in [5.41, 5.74) is -1.35. The van der Waals surface area contributed by atoms with Gasteiger partial charge >= 0.3 is 6.09 Å². The highest BCUT2D eigenvalue weighted by atomic mass is 16.6. The average Bonchev–Trinajstić information content (AvgIpc) is 2.67. The van der Waals surface area contributed by atoms with Crippen molar-refractivity contribution in [3.8, 4) is 0 Å². The number of amides is 1. The average molecular weight is 270 g/mol. The lowest BCUT2D eigenvalue weighted by atomic mass is 9.97. The van der Waals surface area contributed by atoms with Crippen LogP contribution in [0.4, 0.5) is 4.79 Å². The maximum absolute atomic E-state index is 11.9. The van der Waals surface area contributed by atoms with Crippen molar-refractivity contribution in [2.45, 2.75) is 44.8 Å². The molecule has 19 heavy (non-hydrogen) atoms. The lowest BCUT2D eigenvalue weighted by Crippen LogP contribution is -2.40. The molecule has 0 aromatic carbocycles. The van der Waals surface area contributed by atoms with Crippen molar-refractivity contribution < 1.29 is 19.4 Å². The number of nitrogens with one attached hydrogen (secondary N) is 1. The summed E-state index contributed by atoms with van der Waals surface area (Å²) in [5, 5.41) is 13.0. The topological polar surface area (TPSA) is 78.9 Å². The van der Waals surface area contributed by atoms with E-state index in [1.54, 1.807) is 33.8 Å². The van der Waals surface area contributed by atoms with Crippen LogP contribution in [-0.4, -0.2) is 53.4 Å². The SMILES string of the molecule is CNC(=C=O)CC1(O)CCN(C(=O)OC(C)(C)C)C1. The maximum atomic E-state index is 11.9. The van der Waals surface area contributed by atoms with Crippen LogP contribution >= 0.6 is 0 Å². The van der Waals surface area contributed by atoms with Crippen molar-refractivity contribution in [2.24, 2.45) is 0 Å². The fourth-order valence-corrected chi connectivity index (χ4v) is 1.99. The third-order valence-corrected chi connectivity index (χ3v) is 2.91. The minimum absolute atomic E-state index is 0.159. The zero-order valence-corrected chi connectivity index (χ0v) is 11.9. The largest absolute Gasteiger partial charge is 0.444 e. The molecule has 0 radical (unpaired) electrons. The lowest BCUT2D eigenvalue weighted by Gasteiger charge is -2.26. The molecular formula is C13H22N2O4. The first-order valence-electron chi connectivity index (χ1n) is 6.31. The number of aliphatic hydroxyl groups is 1. The van der Waals surface area contributed by atoms with E-state index < -0.39 is 17.3 Å². The van der Waals surface area contributed by atoms with Crippen molar-refractivity contribution in [3.63, 3.8) is 0 Å². The highest BCUT2D eigenvalue weighted by Gasteiger charge is 2.40. The molecule has 1 rings (SSSR count). The van der Waals surface area contributed by atoms with Gasteiger partial charge < -0.3 is 20.1 Å². The molecule has 1 amide bonds. The van der Waals surface area contributed by atoms with Crippen LogP contribution in [-0.2, 0) is 9.53 Å². The fraction of sp³-hybridized carbons (Fsp3) is 0.769. The summed E-state index contributed by atoms with van der Waals surface area (Å²) in [6.45, 7) is 5.96. The Morgan fingerprint density at radius 2 is 2.16 bits per heavy atom. The summed E-state index contributed by atoms with van der Waals surface area (Å²) < 4.78 is 5.25. The molecule has 1 unspecified atom stereocenters. The van der Waals surface area contributed by atoms with Gasteiger partial charge in [-0.2, -0.15) is 0 Å². The van der Waals surface area contributed by atoms with Crippen LogP contribution in [0.5, 0.6) is 0 Å². The molecule has 1 heterocycles. The lowest BCUT2D eigenvalue weighted by molar-refractivity contribution is 0.0151. The Balaban J connectivity index is 2.62. The second-order valence-electron chi connectivity index (χ2n) is 5.88. The predicted molar refractivity (Wildman–Crippen MR) is 70.3 cm³/mol. The van der Waals surface area contributed by atoms with Crippen LogP contribution in [0.25, 0.3) is 0 Å². The molecule has 0 saturated carbocycles. The molecule has 6 heteroatoms. The first kappa shape index (κ1) is 15.5. The summed E-state index contributed by atoms with van der Waals surface area (Å²) in [4.78, 5) is 24.0. The summed E-state index contributed by atoms with van der Waals surface area (Å²) in [7, 11) is 1.60. The third kappa shape index (κ3) is 4.58. The number of carbonyl (C=O) groups excluding carboxylic acids is 2. The molecule has 108 valence electrons. The number of nitrogens with zero attached hydrogens (tertiary/aromatic N) is 1. The molecular weight excluding hydrogens is 248 g/mol. The molecule has 0 bridgehead atoms. The van der Waals surface area contributed by atoms with E-state index >= 15 is 0 Å². The number of likely N-dealkylation sites (tertiary alicyclic amines) is 1. The van der Waals surface area contributed by atoms with Crippen LogP contribution in [0, 0.1) is 0 Å². The summed E-state index contributed by atoms with van der Waals surface area (Å²) >= 11 is 0. The van der Waals surface area contributed by atoms with Crippen LogP contribution < -0.4 is 5.32 Å². The van der Waals surface area contributed by atoms with E-state index in [-0.39, 0.29) is 13.0 Å². The zero-order valence-electron chi connectivity index (χ0n) is 11.9. The van der Waals surface area contributed by atoms with E-state index in [1.807, 2.05) is 0 Å². The van der Waals surface area contributed by atoms with Gasteiger partial charge in [-0.25, -0.2) is 9.59 Å². The second kappa shape index (κ2) is 5.63. The maximum Gasteiger partial charge on any atom is 0.410 e. The molecule has 1 saturated heterocycles. The zero-order chi connectivity index (χ0) is 14.7. The van der Waals surface area contributed by atoms with Gasteiger partial charge in [0.15, 0.2) is 0 Å². The fourth-order valence-electron chi connectivity index (χ4n) is 1.99. The Morgan fingerprint density at radius 1 is 1.53 bits per heavy atom. The number of carbonyl (C=O) groups is 1. The van der Waals surface area contributed by atoms with Crippen LogP contribution in [0.3, 0.4) is 0 Å². The molecule has 0 aromatic rings. The van der Waals surface area contributed by atoms with Gasteiger partial charge in [-0.15, -0.1) is 0 Å². The van der Waals surface area contributed by atoms with E-state index in [0.717, 1.165) is 0 Å². The minimum Gasteiger partial charge on any atom is -0.444 e. The predicted octanol–water partition coefficient (Wildman–Crippen LogP) is 0.683. The molecule has 1 aliphatic heterocycles. The molecule has 1 fully saturated rings. The molecule has 6 nitrogen and oxygen atoms in total. The number of β-amino-alcohol motifs (C(OH)–C–C–N with tert-alkyl or cyclic N) is 1. The Labute approximate surface area is 113 Å². The number of hydrogen-bond acceptors (Lipinski definition) is 5. The standard InChI is InChI=1S/C13H22N2O4/c1-12(2,3)19-11(17)15-6-5-13(18,9-15)7-10(8-16)14-4/h14,18H,5-7,9H2,1-4H3. The van der Waals surface area contributed by atoms with Gasteiger partial charge in [0.25, 0.3) is 0 Å². The van der Waals surface area contributed by atoms with Crippen molar-refractivity contribution in [3.05, 3.63) is 5.70 Å². The van der Waals surface area contributed by atoms with Gasteiger partial charge in [0.2, 0.25) is 0 Å². The number of hydrogen-bond donors (Lipinski definition) is 2. The van der Waals surface area contributed by atoms with Crippen molar-refractivity contribution in [1.29, 1.82) is 0 Å². The van der Waals surface area contributed by atoms with Crippen molar-refractivity contribution in [2.75, 3.05) is 20.1 Å². The first-order valence-corrected chi connectivity index (χ1v) is 6.31. The molecule has 2 N–H and O–H groups in total. The third-order valence-electron chi connectivity index (χ3n) is 2.91. The molecule has 0 aliphatic carbocycles. The second-order valence-corrected chi connectivity index (χ2v) is 5.88. The number of ether oxygens (including phenoxy) is 1. The quantitative estimate of drug-likeness (QED) is 0.737. The first-order chi connectivity index (χ1) is 8.69. The van der Waals surface area contributed by atoms with Gasteiger partial charge in [0.1, 0.15) is 11.5 Å². The summed E-state index contributed by atoms with van der Waals surface area (Å²) in [6, 6.07) is 0. The Hall–Kier alpha value is -1.52. The monoisotopic (exact) mass is 270 g/mol. The van der Waals surface area contributed by atoms with Crippen LogP contribution in [0.2, 0.25) is 0 Å². The van der Waals surface area contributed by atoms with Gasteiger partial charge in [-0.3, -0.25) is 0 Å². The molecule has 1 atom stereocenters. The normalized spacial score (nSPS) is 22.9. The molecule has 1 aliphatic rings. The van der Waals surface area contributed by atoms with Crippen molar-refractivity contribution >= 4 is 12.0 Å². The Bertz CT molecular complexity index is 396. The van der Waals surface area contributed by atoms with E-state index in [4.69, 9.17) is 4.74 Å². The molecule has 0 aromatic heterocycles. The highest BCUT2D eigenvalue weighted by Crippen LogP contribution is 2.27. The smallest absolute Gasteiger partial charge is 0.410 e. The van der Waals surface area contributed by atoms with E-state index in [1.165, 1.54) is 4.90 Å². The Kier molecular flexibility index (Phi) is 4.61. The van der Waals surface area contributed by atoms with Gasteiger partial charge in [0, 0.05) is 20.0 Å². The van der Waals surface area contributed by atoms with E-state index in [9.17, 15) is 14.7 Å². The number of rotatable bonds is 3.